The molecule has 5 nitrogen and oxygen atoms in total. The second-order valence-electron chi connectivity index (χ2n) is 5.03. The van der Waals surface area contributed by atoms with Crippen LogP contribution in [-0.4, -0.2) is 24.7 Å². The van der Waals surface area contributed by atoms with E-state index in [1.54, 1.807) is 0 Å². The molecule has 0 N–H and O–H groups in total. The van der Waals surface area contributed by atoms with E-state index in [1.807, 2.05) is 0 Å². The fourth-order valence-corrected chi connectivity index (χ4v) is 1.83. The Morgan fingerprint density at radius 2 is 1.17 bits per heavy atom. The van der Waals surface area contributed by atoms with Crippen molar-refractivity contribution in [2.45, 2.75) is 78.1 Å². The molecule has 0 aliphatic heterocycles. The predicted octanol–water partition coefficient (Wildman–Crippen LogP) is -4.51. The van der Waals surface area contributed by atoms with Gasteiger partial charge >= 0.3 is 59.1 Å². The van der Waals surface area contributed by atoms with Crippen molar-refractivity contribution in [2.75, 3.05) is 6.54 Å². The molecule has 0 spiro atoms. The number of aliphatic carboxylic acids is 2. The number of nitrogens with zero attached hydrogens (tertiary/aromatic N) is 1. The van der Waals surface area contributed by atoms with Gasteiger partial charge in [-0.15, -0.1) is 0 Å². The minimum atomic E-state index is -1.20. The van der Waals surface area contributed by atoms with Crippen LogP contribution in [0.3, 0.4) is 0 Å². The summed E-state index contributed by atoms with van der Waals surface area (Å²) >= 11 is 0. The number of hydrogen-bond donors (Lipinski definition) is 0. The molecule has 0 rings (SSSR count). The van der Waals surface area contributed by atoms with E-state index >= 15 is 0 Å². The third kappa shape index (κ3) is 45.0. The van der Waals surface area contributed by atoms with Crippen molar-refractivity contribution in [1.82, 2.24) is 0 Å². The molecule has 0 atom stereocenters. The van der Waals surface area contributed by atoms with Crippen LogP contribution in [0, 0.1) is 0 Å². The van der Waals surface area contributed by atoms with E-state index in [1.165, 1.54) is 51.4 Å². The molecule has 0 unspecified atom stereocenters. The van der Waals surface area contributed by atoms with Gasteiger partial charge in [0.1, 0.15) is 0 Å². The summed E-state index contributed by atoms with van der Waals surface area (Å²) in [5.41, 5.74) is 0. The molecule has 0 aliphatic carbocycles. The summed E-state index contributed by atoms with van der Waals surface area (Å²) < 4.78 is 0. The molecule has 0 saturated heterocycles. The van der Waals surface area contributed by atoms with E-state index in [2.05, 4.69) is 11.9 Å². The molecule has 0 aromatic heterocycles. The zero-order valence-electron chi connectivity index (χ0n) is 15.4. The third-order valence-corrected chi connectivity index (χ3v) is 2.84. The Balaban J connectivity index is -0.000000268. The van der Waals surface area contributed by atoms with Gasteiger partial charge in [-0.3, -0.25) is 4.99 Å². The Bertz CT molecular complexity index is 283. The summed E-state index contributed by atoms with van der Waals surface area (Å²) in [5.74, 6) is -2.28. The first-order valence-corrected chi connectivity index (χ1v) is 7.89. The fourth-order valence-electron chi connectivity index (χ4n) is 1.83. The van der Waals surface area contributed by atoms with Crippen molar-refractivity contribution in [1.29, 1.82) is 0 Å². The van der Waals surface area contributed by atoms with E-state index in [4.69, 9.17) is 9.90 Å². The van der Waals surface area contributed by atoms with Crippen LogP contribution in [0.15, 0.2) is 4.99 Å². The normalized spacial score (nSPS) is 9.30. The van der Waals surface area contributed by atoms with E-state index in [0.29, 0.717) is 6.54 Å². The maximum absolute atomic E-state index is 10.0. The monoisotopic (exact) mass is 345 g/mol. The zero-order chi connectivity index (χ0) is 16.3. The number of hydrogen-bond acceptors (Lipinski definition) is 5. The van der Waals surface area contributed by atoms with Crippen LogP contribution < -0.4 is 69.3 Å². The average Bonchev–Trinajstić information content (AvgIpc) is 2.39. The summed E-state index contributed by atoms with van der Waals surface area (Å²) in [6.45, 7) is 3.83. The molecule has 23 heavy (non-hydrogen) atoms. The van der Waals surface area contributed by atoms with Gasteiger partial charge in [0.2, 0.25) is 0 Å². The smallest absolute Gasteiger partial charge is 0.550 e. The summed E-state index contributed by atoms with van der Waals surface area (Å²) in [6.07, 6.45) is 13.7. The van der Waals surface area contributed by atoms with Gasteiger partial charge in [-0.25, -0.2) is 0 Å². The molecule has 0 aliphatic rings. The first-order valence-electron chi connectivity index (χ1n) is 7.89. The van der Waals surface area contributed by atoms with E-state index in [-0.39, 0.29) is 59.1 Å². The Morgan fingerprint density at radius 3 is 1.52 bits per heavy atom. The molecule has 124 valence electrons. The summed E-state index contributed by atoms with van der Waals surface area (Å²) in [7, 11) is 0. The Hall–Kier alpha value is 0.610. The molecule has 0 aromatic rings. The number of carbonyl (C=O) groups excluding carboxylic acids is 2. The SMILES string of the molecule is CC(=O)[O-].CCCCCCCCCCCCN=CC(=O)[O-].[Na+].[Na+]. The number of aliphatic imine (C=N–C) groups is 1. The van der Waals surface area contributed by atoms with E-state index in [0.717, 1.165) is 26.0 Å². The number of rotatable bonds is 12. The molecule has 7 heteroatoms. The predicted molar refractivity (Wildman–Crippen MR) is 80.9 cm³/mol. The second-order valence-corrected chi connectivity index (χ2v) is 5.03. The van der Waals surface area contributed by atoms with E-state index in [9.17, 15) is 9.90 Å². The molecule has 0 heterocycles. The van der Waals surface area contributed by atoms with Crippen molar-refractivity contribution < 1.29 is 78.9 Å². The van der Waals surface area contributed by atoms with Crippen molar-refractivity contribution in [2.24, 2.45) is 4.99 Å². The summed E-state index contributed by atoms with van der Waals surface area (Å²) in [6, 6.07) is 0. The van der Waals surface area contributed by atoms with Gasteiger partial charge < -0.3 is 19.8 Å². The molecule has 0 radical (unpaired) electrons. The second kappa shape index (κ2) is 27.5. The minimum Gasteiger partial charge on any atom is -0.550 e. The van der Waals surface area contributed by atoms with Crippen LogP contribution >= 0.6 is 0 Å². The van der Waals surface area contributed by atoms with E-state index < -0.39 is 11.9 Å². The first-order chi connectivity index (χ1) is 10.0. The molecule has 0 amide bonds. The number of carboxylic acids is 2. The zero-order valence-corrected chi connectivity index (χ0v) is 19.4. The van der Waals surface area contributed by atoms with Crippen LogP contribution in [0.25, 0.3) is 0 Å². The number of unbranched alkanes of at least 4 members (excludes halogenated alkanes) is 9. The van der Waals surface area contributed by atoms with Crippen molar-refractivity contribution >= 4 is 18.2 Å². The van der Waals surface area contributed by atoms with Gasteiger partial charge in [0.15, 0.2) is 0 Å². The van der Waals surface area contributed by atoms with Crippen LogP contribution in [0.1, 0.15) is 78.1 Å². The third-order valence-electron chi connectivity index (χ3n) is 2.84. The van der Waals surface area contributed by atoms with Crippen molar-refractivity contribution in [3.63, 3.8) is 0 Å². The van der Waals surface area contributed by atoms with Crippen LogP contribution in [0.4, 0.5) is 0 Å². The van der Waals surface area contributed by atoms with Crippen molar-refractivity contribution in [3.8, 4) is 0 Å². The van der Waals surface area contributed by atoms with Gasteiger partial charge in [0.05, 0.1) is 5.97 Å². The quantitative estimate of drug-likeness (QED) is 0.202. The average molecular weight is 345 g/mol. The standard InChI is InChI=1S/C14H27NO2.C2H4O2.2Na/c1-2-3-4-5-6-7-8-9-10-11-12-15-13-14(16)17;1-2(3)4;;/h13H,2-12H2,1H3,(H,16,17);1H3,(H,3,4);;/q;;2*+1/p-2. The van der Waals surface area contributed by atoms with Gasteiger partial charge in [-0.1, -0.05) is 64.7 Å². The first kappa shape index (κ1) is 31.4. The van der Waals surface area contributed by atoms with Gasteiger partial charge in [-0.2, -0.15) is 0 Å². The molecule has 0 aromatic carbocycles. The molecular formula is C16H29NNa2O4. The molecule has 0 bridgehead atoms. The maximum Gasteiger partial charge on any atom is 1.00 e. The van der Waals surface area contributed by atoms with Crippen LogP contribution in [-0.2, 0) is 9.59 Å². The number of carbonyl (C=O) groups is 2. The van der Waals surface area contributed by atoms with Gasteiger partial charge in [0.25, 0.3) is 0 Å². The molecule has 0 fully saturated rings. The van der Waals surface area contributed by atoms with Gasteiger partial charge in [-0.05, 0) is 13.3 Å². The van der Waals surface area contributed by atoms with Crippen LogP contribution in [0.2, 0.25) is 0 Å². The molecular weight excluding hydrogens is 316 g/mol. The Kier molecular flexibility index (Phi) is 37.5. The molecule has 0 saturated carbocycles. The fraction of sp³-hybridized carbons (Fsp3) is 0.812. The maximum atomic E-state index is 10.0. The topological polar surface area (TPSA) is 92.6 Å². The largest absolute Gasteiger partial charge is 1.00 e. The summed E-state index contributed by atoms with van der Waals surface area (Å²) in [5, 5.41) is 18.9. The Labute approximate surface area is 185 Å². The minimum absolute atomic E-state index is 0. The summed E-state index contributed by atoms with van der Waals surface area (Å²) in [4.78, 5) is 22.7. The Morgan fingerprint density at radius 1 is 0.826 bits per heavy atom. The number of carboxylic acid groups (broad SMARTS) is 2. The van der Waals surface area contributed by atoms with Crippen LogP contribution in [0.5, 0.6) is 0 Å². The van der Waals surface area contributed by atoms with Crippen molar-refractivity contribution in [3.05, 3.63) is 0 Å². The van der Waals surface area contributed by atoms with Gasteiger partial charge in [0, 0.05) is 18.7 Å².